The van der Waals surface area contributed by atoms with Gasteiger partial charge in [-0.3, -0.25) is 0 Å². The molecule has 0 aliphatic heterocycles. The fraction of sp³-hybridized carbons (Fsp3) is 0.400. The Morgan fingerprint density at radius 3 is 3.00 bits per heavy atom. The van der Waals surface area contributed by atoms with Gasteiger partial charge in [-0.2, -0.15) is 0 Å². The van der Waals surface area contributed by atoms with Crippen LogP contribution in [0.3, 0.4) is 0 Å². The van der Waals surface area contributed by atoms with Crippen molar-refractivity contribution in [3.8, 4) is 5.75 Å². The molecule has 0 aliphatic carbocycles. The first-order valence-electron chi connectivity index (χ1n) is 6.94. The molecule has 0 amide bonds. The van der Waals surface area contributed by atoms with E-state index in [0.717, 1.165) is 43.6 Å². The number of anilines is 2. The van der Waals surface area contributed by atoms with Crippen LogP contribution in [0.2, 0.25) is 5.02 Å². The predicted molar refractivity (Wildman–Crippen MR) is 84.6 cm³/mol. The average Bonchev–Trinajstić information content (AvgIpc) is 2.91. The van der Waals surface area contributed by atoms with Gasteiger partial charge >= 0.3 is 0 Å². The first-order chi connectivity index (χ1) is 10.2. The van der Waals surface area contributed by atoms with E-state index in [4.69, 9.17) is 21.1 Å². The van der Waals surface area contributed by atoms with E-state index in [1.54, 1.807) is 19.4 Å². The minimum absolute atomic E-state index is 0.646. The molecule has 0 saturated heterocycles. The Labute approximate surface area is 129 Å². The lowest BCUT2D eigenvalue weighted by Crippen LogP contribution is -2.06. The number of aryl methyl sites for hydroxylation is 1. The SMILES string of the molecule is CCOCCCn1ccnc1Nc1cc(Cl)ccc1OC. The van der Waals surface area contributed by atoms with Crippen molar-refractivity contribution in [1.82, 2.24) is 9.55 Å². The molecular weight excluding hydrogens is 290 g/mol. The highest BCUT2D eigenvalue weighted by atomic mass is 35.5. The van der Waals surface area contributed by atoms with E-state index in [1.165, 1.54) is 0 Å². The molecule has 0 radical (unpaired) electrons. The predicted octanol–water partition coefficient (Wildman–Crippen LogP) is 3.72. The van der Waals surface area contributed by atoms with Crippen molar-refractivity contribution < 1.29 is 9.47 Å². The van der Waals surface area contributed by atoms with Gasteiger partial charge in [0.25, 0.3) is 0 Å². The molecule has 0 fully saturated rings. The number of imidazole rings is 1. The zero-order chi connectivity index (χ0) is 15.1. The van der Waals surface area contributed by atoms with E-state index in [0.29, 0.717) is 5.02 Å². The molecule has 21 heavy (non-hydrogen) atoms. The third-order valence-corrected chi connectivity index (χ3v) is 3.25. The van der Waals surface area contributed by atoms with E-state index >= 15 is 0 Å². The van der Waals surface area contributed by atoms with Crippen molar-refractivity contribution in [2.75, 3.05) is 25.6 Å². The van der Waals surface area contributed by atoms with Crippen LogP contribution in [0.4, 0.5) is 11.6 Å². The van der Waals surface area contributed by atoms with Crippen molar-refractivity contribution in [3.63, 3.8) is 0 Å². The van der Waals surface area contributed by atoms with Gasteiger partial charge < -0.3 is 19.4 Å². The Morgan fingerprint density at radius 1 is 1.38 bits per heavy atom. The fourth-order valence-corrected chi connectivity index (χ4v) is 2.17. The number of methoxy groups -OCH3 is 1. The van der Waals surface area contributed by atoms with Gasteiger partial charge in [-0.1, -0.05) is 11.6 Å². The van der Waals surface area contributed by atoms with Crippen molar-refractivity contribution in [2.24, 2.45) is 0 Å². The summed E-state index contributed by atoms with van der Waals surface area (Å²) in [4.78, 5) is 4.33. The Hall–Kier alpha value is -1.72. The topological polar surface area (TPSA) is 48.3 Å². The third-order valence-electron chi connectivity index (χ3n) is 3.02. The molecular formula is C15H20ClN3O2. The van der Waals surface area contributed by atoms with Gasteiger partial charge in [0.05, 0.1) is 12.8 Å². The summed E-state index contributed by atoms with van der Waals surface area (Å²) in [6.07, 6.45) is 4.64. The van der Waals surface area contributed by atoms with E-state index in [-0.39, 0.29) is 0 Å². The minimum atomic E-state index is 0.646. The fourth-order valence-electron chi connectivity index (χ4n) is 1.99. The van der Waals surface area contributed by atoms with Crippen LogP contribution in [-0.4, -0.2) is 29.9 Å². The van der Waals surface area contributed by atoms with Gasteiger partial charge in [0.1, 0.15) is 5.75 Å². The van der Waals surface area contributed by atoms with Gasteiger partial charge in [0.15, 0.2) is 0 Å². The summed E-state index contributed by atoms with van der Waals surface area (Å²) in [5, 5.41) is 3.90. The zero-order valence-corrected chi connectivity index (χ0v) is 13.1. The molecule has 0 atom stereocenters. The summed E-state index contributed by atoms with van der Waals surface area (Å²) < 4.78 is 12.7. The number of halogens is 1. The van der Waals surface area contributed by atoms with Gasteiger partial charge in [0.2, 0.25) is 5.95 Å². The number of rotatable bonds is 8. The highest BCUT2D eigenvalue weighted by molar-refractivity contribution is 6.30. The van der Waals surface area contributed by atoms with Crippen LogP contribution in [0.1, 0.15) is 13.3 Å². The maximum Gasteiger partial charge on any atom is 0.207 e. The van der Waals surface area contributed by atoms with Crippen LogP contribution < -0.4 is 10.1 Å². The highest BCUT2D eigenvalue weighted by Gasteiger charge is 2.08. The summed E-state index contributed by atoms with van der Waals surface area (Å²) in [5.41, 5.74) is 0.794. The minimum Gasteiger partial charge on any atom is -0.495 e. The standard InChI is InChI=1S/C15H20ClN3O2/c1-3-21-10-4-8-19-9-7-17-15(19)18-13-11-12(16)5-6-14(13)20-2/h5-7,9,11H,3-4,8,10H2,1-2H3,(H,17,18). The second-order valence-electron chi connectivity index (χ2n) is 4.46. The Morgan fingerprint density at radius 2 is 2.24 bits per heavy atom. The second kappa shape index (κ2) is 7.90. The monoisotopic (exact) mass is 309 g/mol. The summed E-state index contributed by atoms with van der Waals surface area (Å²) in [6.45, 7) is 4.32. The molecule has 1 heterocycles. The molecule has 1 aromatic heterocycles. The first-order valence-corrected chi connectivity index (χ1v) is 7.31. The highest BCUT2D eigenvalue weighted by Crippen LogP contribution is 2.29. The molecule has 5 nitrogen and oxygen atoms in total. The molecule has 0 spiro atoms. The van der Waals surface area contributed by atoms with Crippen LogP contribution in [0.15, 0.2) is 30.6 Å². The smallest absolute Gasteiger partial charge is 0.207 e. The van der Waals surface area contributed by atoms with Gasteiger partial charge in [0, 0.05) is 37.2 Å². The third kappa shape index (κ3) is 4.37. The molecule has 2 aromatic rings. The second-order valence-corrected chi connectivity index (χ2v) is 4.90. The molecule has 0 bridgehead atoms. The first kappa shape index (κ1) is 15.7. The maximum atomic E-state index is 6.03. The molecule has 6 heteroatoms. The van der Waals surface area contributed by atoms with Gasteiger partial charge in [-0.15, -0.1) is 0 Å². The number of hydrogen-bond acceptors (Lipinski definition) is 4. The molecule has 2 rings (SSSR count). The quantitative estimate of drug-likeness (QED) is 0.755. The lowest BCUT2D eigenvalue weighted by atomic mass is 10.3. The largest absolute Gasteiger partial charge is 0.495 e. The van der Waals surface area contributed by atoms with Crippen LogP contribution >= 0.6 is 11.6 Å². The van der Waals surface area contributed by atoms with E-state index in [2.05, 4.69) is 10.3 Å². The molecule has 1 aromatic carbocycles. The normalized spacial score (nSPS) is 10.6. The maximum absolute atomic E-state index is 6.03. The van der Waals surface area contributed by atoms with Crippen LogP contribution in [0, 0.1) is 0 Å². The van der Waals surface area contributed by atoms with Gasteiger partial charge in [-0.05, 0) is 31.5 Å². The van der Waals surface area contributed by atoms with Crippen LogP contribution in [0.5, 0.6) is 5.75 Å². The molecule has 1 N–H and O–H groups in total. The number of hydrogen-bond donors (Lipinski definition) is 1. The van der Waals surface area contributed by atoms with Gasteiger partial charge in [-0.25, -0.2) is 4.98 Å². The average molecular weight is 310 g/mol. The van der Waals surface area contributed by atoms with Crippen molar-refractivity contribution in [3.05, 3.63) is 35.6 Å². The molecule has 114 valence electrons. The summed E-state index contributed by atoms with van der Waals surface area (Å²) in [7, 11) is 1.63. The summed E-state index contributed by atoms with van der Waals surface area (Å²) in [6, 6.07) is 5.44. The van der Waals surface area contributed by atoms with Crippen molar-refractivity contribution in [1.29, 1.82) is 0 Å². The lowest BCUT2D eigenvalue weighted by molar-refractivity contribution is 0.142. The van der Waals surface area contributed by atoms with E-state index < -0.39 is 0 Å². The van der Waals surface area contributed by atoms with Crippen LogP contribution in [0.25, 0.3) is 0 Å². The summed E-state index contributed by atoms with van der Waals surface area (Å²) >= 11 is 6.03. The van der Waals surface area contributed by atoms with Crippen LogP contribution in [-0.2, 0) is 11.3 Å². The zero-order valence-electron chi connectivity index (χ0n) is 12.3. The Balaban J connectivity index is 2.06. The number of nitrogens with zero attached hydrogens (tertiary/aromatic N) is 2. The number of benzene rings is 1. The lowest BCUT2D eigenvalue weighted by Gasteiger charge is -2.13. The molecule has 0 unspecified atom stereocenters. The Bertz CT molecular complexity index is 572. The van der Waals surface area contributed by atoms with E-state index in [9.17, 15) is 0 Å². The van der Waals surface area contributed by atoms with E-state index in [1.807, 2.05) is 29.8 Å². The molecule has 0 saturated carbocycles. The van der Waals surface area contributed by atoms with Crippen molar-refractivity contribution >= 4 is 23.2 Å². The summed E-state index contributed by atoms with van der Waals surface area (Å²) in [5.74, 6) is 1.48. The Kier molecular flexibility index (Phi) is 5.90. The molecule has 0 aliphatic rings. The number of nitrogens with one attached hydrogen (secondary N) is 1. The number of aromatic nitrogens is 2. The van der Waals surface area contributed by atoms with Crippen molar-refractivity contribution in [2.45, 2.75) is 19.9 Å². The number of ether oxygens (including phenoxy) is 2.